The Kier molecular flexibility index (Phi) is 5.38. The molecular formula is C21H21N7O4S. The van der Waals surface area contributed by atoms with E-state index >= 15 is 0 Å². The van der Waals surface area contributed by atoms with Crippen LogP contribution in [0.25, 0.3) is 11.0 Å². The zero-order valence-electron chi connectivity index (χ0n) is 17.7. The molecule has 5 rings (SSSR count). The highest BCUT2D eigenvalue weighted by atomic mass is 32.2. The molecule has 2 aromatic carbocycles. The zero-order chi connectivity index (χ0) is 23.0. The molecule has 1 aliphatic heterocycles. The van der Waals surface area contributed by atoms with Gasteiger partial charge in [-0.25, -0.2) is 13.0 Å². The minimum Gasteiger partial charge on any atom is -0.332 e. The van der Waals surface area contributed by atoms with E-state index in [1.807, 2.05) is 41.8 Å². The third kappa shape index (κ3) is 4.10. The molecule has 1 amide bonds. The molecule has 170 valence electrons. The SMILES string of the molecule is Cc1nnc2n1CCN(C(=O)C(Cc1ccccc1)NS(=O)(=O)c1cccc3nonc13)C2. The van der Waals surface area contributed by atoms with Crippen LogP contribution in [0.15, 0.2) is 58.1 Å². The van der Waals surface area contributed by atoms with E-state index in [1.54, 1.807) is 17.0 Å². The standard InChI is InChI=1S/C21H21N7O4S/c1-14-22-23-19-13-27(10-11-28(14)19)21(29)17(12-15-6-3-2-4-7-15)26-33(30,31)18-9-5-8-16-20(18)25-32-24-16/h2-9,17,26H,10-13H2,1H3. The highest BCUT2D eigenvalue weighted by Crippen LogP contribution is 2.21. The molecule has 0 fully saturated rings. The first-order chi connectivity index (χ1) is 15.9. The van der Waals surface area contributed by atoms with Crippen LogP contribution in [-0.2, 0) is 34.3 Å². The predicted octanol–water partition coefficient (Wildman–Crippen LogP) is 1.05. The summed E-state index contributed by atoms with van der Waals surface area (Å²) in [7, 11) is -4.11. The number of nitrogens with one attached hydrogen (secondary N) is 1. The van der Waals surface area contributed by atoms with E-state index in [1.165, 1.54) is 6.07 Å². The Morgan fingerprint density at radius 1 is 1.09 bits per heavy atom. The largest absolute Gasteiger partial charge is 0.332 e. The van der Waals surface area contributed by atoms with Crippen molar-refractivity contribution in [2.24, 2.45) is 0 Å². The summed E-state index contributed by atoms with van der Waals surface area (Å²) in [5, 5.41) is 15.6. The summed E-state index contributed by atoms with van der Waals surface area (Å²) in [5.41, 5.74) is 1.25. The summed E-state index contributed by atoms with van der Waals surface area (Å²) in [4.78, 5) is 15.0. The van der Waals surface area contributed by atoms with Gasteiger partial charge in [0.1, 0.15) is 22.3 Å². The fourth-order valence-corrected chi connectivity index (χ4v) is 5.33. The van der Waals surface area contributed by atoms with E-state index in [0.29, 0.717) is 24.4 Å². The third-order valence-corrected chi connectivity index (χ3v) is 7.17. The lowest BCUT2D eigenvalue weighted by Crippen LogP contribution is -2.51. The Bertz CT molecular complexity index is 1410. The van der Waals surface area contributed by atoms with Crippen molar-refractivity contribution in [3.8, 4) is 0 Å². The van der Waals surface area contributed by atoms with Gasteiger partial charge < -0.3 is 9.47 Å². The number of sulfonamides is 1. The van der Waals surface area contributed by atoms with Crippen molar-refractivity contribution in [2.45, 2.75) is 37.4 Å². The fraction of sp³-hybridized carbons (Fsp3) is 0.286. The van der Waals surface area contributed by atoms with Gasteiger partial charge in [-0.3, -0.25) is 4.79 Å². The van der Waals surface area contributed by atoms with Gasteiger partial charge in [0.2, 0.25) is 15.9 Å². The van der Waals surface area contributed by atoms with E-state index in [4.69, 9.17) is 4.63 Å². The van der Waals surface area contributed by atoms with Crippen LogP contribution in [0.4, 0.5) is 0 Å². The van der Waals surface area contributed by atoms with Crippen LogP contribution in [0.1, 0.15) is 17.2 Å². The van der Waals surface area contributed by atoms with E-state index in [2.05, 4.69) is 25.2 Å². The van der Waals surface area contributed by atoms with Gasteiger partial charge >= 0.3 is 0 Å². The van der Waals surface area contributed by atoms with Crippen LogP contribution >= 0.6 is 0 Å². The molecule has 0 radical (unpaired) electrons. The number of hydrogen-bond donors (Lipinski definition) is 1. The van der Waals surface area contributed by atoms with Gasteiger partial charge in [-0.05, 0) is 41.4 Å². The molecule has 0 saturated carbocycles. The quantitative estimate of drug-likeness (QED) is 0.444. The van der Waals surface area contributed by atoms with Gasteiger partial charge in [0, 0.05) is 13.1 Å². The summed E-state index contributed by atoms with van der Waals surface area (Å²) >= 11 is 0. The number of amides is 1. The number of hydrogen-bond acceptors (Lipinski definition) is 8. The minimum atomic E-state index is -4.11. The maximum atomic E-state index is 13.5. The summed E-state index contributed by atoms with van der Waals surface area (Å²) in [6, 6.07) is 12.8. The summed E-state index contributed by atoms with van der Waals surface area (Å²) < 4.78 is 35.9. The fourth-order valence-electron chi connectivity index (χ4n) is 3.99. The van der Waals surface area contributed by atoms with Crippen molar-refractivity contribution >= 4 is 27.0 Å². The Morgan fingerprint density at radius 2 is 1.91 bits per heavy atom. The van der Waals surface area contributed by atoms with Gasteiger partial charge in [-0.2, -0.15) is 4.72 Å². The molecule has 33 heavy (non-hydrogen) atoms. The number of carbonyl (C=O) groups excluding carboxylic acids is 1. The summed E-state index contributed by atoms with van der Waals surface area (Å²) in [6.07, 6.45) is 0.189. The predicted molar refractivity (Wildman–Crippen MR) is 116 cm³/mol. The molecule has 1 aliphatic rings. The van der Waals surface area contributed by atoms with Crippen molar-refractivity contribution in [1.82, 2.24) is 34.7 Å². The first-order valence-corrected chi connectivity index (χ1v) is 11.9. The maximum absolute atomic E-state index is 13.5. The summed E-state index contributed by atoms with van der Waals surface area (Å²) in [6.45, 7) is 3.10. The monoisotopic (exact) mass is 467 g/mol. The molecule has 1 atom stereocenters. The normalized spacial score (nSPS) is 14.9. The van der Waals surface area contributed by atoms with Crippen molar-refractivity contribution in [2.75, 3.05) is 6.54 Å². The molecule has 1 N–H and O–H groups in total. The Morgan fingerprint density at radius 3 is 2.73 bits per heavy atom. The van der Waals surface area contributed by atoms with Gasteiger partial charge in [0.15, 0.2) is 11.3 Å². The van der Waals surface area contributed by atoms with Gasteiger partial charge in [0.05, 0.1) is 6.54 Å². The molecule has 3 heterocycles. The number of aryl methyl sites for hydroxylation is 1. The topological polar surface area (TPSA) is 136 Å². The van der Waals surface area contributed by atoms with Gasteiger partial charge in [-0.1, -0.05) is 36.4 Å². The molecular weight excluding hydrogens is 446 g/mol. The van der Waals surface area contributed by atoms with E-state index in [0.717, 1.165) is 11.4 Å². The molecule has 4 aromatic rings. The lowest BCUT2D eigenvalue weighted by Gasteiger charge is -2.31. The van der Waals surface area contributed by atoms with Crippen molar-refractivity contribution in [1.29, 1.82) is 0 Å². The lowest BCUT2D eigenvalue weighted by molar-refractivity contribution is -0.134. The number of aromatic nitrogens is 5. The first-order valence-electron chi connectivity index (χ1n) is 10.4. The highest BCUT2D eigenvalue weighted by molar-refractivity contribution is 7.89. The Balaban J connectivity index is 1.45. The number of fused-ring (bicyclic) bond motifs is 2. The molecule has 0 bridgehead atoms. The molecule has 11 nitrogen and oxygen atoms in total. The van der Waals surface area contributed by atoms with Crippen molar-refractivity contribution in [3.63, 3.8) is 0 Å². The second kappa shape index (κ2) is 8.37. The molecule has 1 unspecified atom stereocenters. The van der Waals surface area contributed by atoms with Crippen LogP contribution in [0.5, 0.6) is 0 Å². The number of rotatable bonds is 6. The smallest absolute Gasteiger partial charge is 0.243 e. The Hall–Kier alpha value is -3.64. The molecule has 0 spiro atoms. The molecule has 12 heteroatoms. The number of carbonyl (C=O) groups is 1. The maximum Gasteiger partial charge on any atom is 0.243 e. The van der Waals surface area contributed by atoms with Crippen LogP contribution in [0.2, 0.25) is 0 Å². The van der Waals surface area contributed by atoms with Crippen LogP contribution in [-0.4, -0.2) is 56.9 Å². The highest BCUT2D eigenvalue weighted by Gasteiger charge is 2.33. The Labute approximate surface area is 189 Å². The third-order valence-electron chi connectivity index (χ3n) is 5.67. The molecule has 0 aliphatic carbocycles. The number of benzene rings is 2. The van der Waals surface area contributed by atoms with Crippen molar-refractivity contribution < 1.29 is 17.8 Å². The van der Waals surface area contributed by atoms with Gasteiger partial charge in [0.25, 0.3) is 0 Å². The number of nitrogens with zero attached hydrogens (tertiary/aromatic N) is 6. The van der Waals surface area contributed by atoms with Crippen LogP contribution in [0.3, 0.4) is 0 Å². The van der Waals surface area contributed by atoms with Gasteiger partial charge in [-0.15, -0.1) is 10.2 Å². The first kappa shape index (κ1) is 21.2. The van der Waals surface area contributed by atoms with Crippen LogP contribution in [0, 0.1) is 6.92 Å². The molecule has 0 saturated heterocycles. The van der Waals surface area contributed by atoms with Crippen LogP contribution < -0.4 is 4.72 Å². The minimum absolute atomic E-state index is 0.0962. The second-order valence-corrected chi connectivity index (χ2v) is 9.51. The lowest BCUT2D eigenvalue weighted by atomic mass is 10.1. The van der Waals surface area contributed by atoms with Crippen molar-refractivity contribution in [3.05, 3.63) is 65.7 Å². The average Bonchev–Trinajstić information content (AvgIpc) is 3.45. The van der Waals surface area contributed by atoms with E-state index in [-0.39, 0.29) is 29.3 Å². The molecule has 2 aromatic heterocycles. The second-order valence-electron chi connectivity index (χ2n) is 7.83. The van der Waals surface area contributed by atoms with E-state index < -0.39 is 16.1 Å². The average molecular weight is 468 g/mol. The summed E-state index contributed by atoms with van der Waals surface area (Å²) in [5.74, 6) is 1.12. The van der Waals surface area contributed by atoms with E-state index in [9.17, 15) is 13.2 Å². The zero-order valence-corrected chi connectivity index (χ0v) is 18.6.